The van der Waals surface area contributed by atoms with Gasteiger partial charge in [0.15, 0.2) is 5.82 Å². The van der Waals surface area contributed by atoms with Crippen LogP contribution in [-0.2, 0) is 15.5 Å². The third-order valence-electron chi connectivity index (χ3n) is 2.62. The molecule has 0 fully saturated rings. The van der Waals surface area contributed by atoms with E-state index in [1.54, 1.807) is 0 Å². The summed E-state index contributed by atoms with van der Waals surface area (Å²) in [6.07, 6.45) is 1.56. The van der Waals surface area contributed by atoms with Gasteiger partial charge in [0.2, 0.25) is 0 Å². The van der Waals surface area contributed by atoms with Crippen molar-refractivity contribution < 1.29 is 17.7 Å². The molecule has 0 spiro atoms. The van der Waals surface area contributed by atoms with Crippen LogP contribution in [0, 0.1) is 0 Å². The van der Waals surface area contributed by atoms with E-state index in [2.05, 4.69) is 10.1 Å². The lowest BCUT2D eigenvalue weighted by Gasteiger charge is -2.06. The van der Waals surface area contributed by atoms with Crippen molar-refractivity contribution in [2.75, 3.05) is 7.11 Å². The van der Waals surface area contributed by atoms with Gasteiger partial charge in [-0.1, -0.05) is 12.1 Å². The van der Waals surface area contributed by atoms with E-state index >= 15 is 0 Å². The van der Waals surface area contributed by atoms with Gasteiger partial charge in [0.05, 0.1) is 17.6 Å². The van der Waals surface area contributed by atoms with Crippen molar-refractivity contribution >= 4 is 19.7 Å². The molecule has 0 saturated heterocycles. The van der Waals surface area contributed by atoms with E-state index in [9.17, 15) is 8.42 Å². The summed E-state index contributed by atoms with van der Waals surface area (Å²) in [5.74, 6) is 1.19. The molecule has 2 aromatic rings. The molecule has 2 rings (SSSR count). The Kier molecular flexibility index (Phi) is 4.29. The summed E-state index contributed by atoms with van der Waals surface area (Å²) in [7, 11) is 2.97. The second kappa shape index (κ2) is 5.80. The van der Waals surface area contributed by atoms with Crippen molar-refractivity contribution in [2.45, 2.75) is 24.7 Å². The Bertz CT molecular complexity index is 712. The molecule has 0 radical (unpaired) electrons. The fourth-order valence-electron chi connectivity index (χ4n) is 1.69. The summed E-state index contributed by atoms with van der Waals surface area (Å²) < 4.78 is 33.1. The lowest BCUT2D eigenvalue weighted by atomic mass is 10.2. The predicted octanol–water partition coefficient (Wildman–Crippen LogP) is 2.63. The van der Waals surface area contributed by atoms with Crippen molar-refractivity contribution in [3.05, 3.63) is 24.0 Å². The van der Waals surface area contributed by atoms with Crippen molar-refractivity contribution in [1.82, 2.24) is 10.1 Å². The van der Waals surface area contributed by atoms with Crippen LogP contribution in [0.4, 0.5) is 0 Å². The Morgan fingerprint density at radius 2 is 2.15 bits per heavy atom. The molecule has 0 atom stereocenters. The molecule has 8 heteroatoms. The lowest BCUT2D eigenvalue weighted by molar-refractivity contribution is 0.402. The number of ether oxygens (including phenoxy) is 1. The molecule has 6 nitrogen and oxygen atoms in total. The van der Waals surface area contributed by atoms with Crippen LogP contribution in [-0.4, -0.2) is 25.7 Å². The fourth-order valence-corrected chi connectivity index (χ4v) is 2.47. The quantitative estimate of drug-likeness (QED) is 0.789. The largest absolute Gasteiger partial charge is 0.496 e. The number of nitrogens with zero attached hydrogens (tertiary/aromatic N) is 2. The maximum Gasteiger partial charge on any atom is 0.261 e. The predicted molar refractivity (Wildman–Crippen MR) is 73.3 cm³/mol. The van der Waals surface area contributed by atoms with Gasteiger partial charge in [0, 0.05) is 17.1 Å². The summed E-state index contributed by atoms with van der Waals surface area (Å²) in [6.45, 7) is 2.00. The SMILES string of the molecule is CCCc1noc(-c2cc(S(=O)(=O)Cl)ccc2OC)n1. The van der Waals surface area contributed by atoms with E-state index in [1.807, 2.05) is 6.92 Å². The fraction of sp³-hybridized carbons (Fsp3) is 0.333. The summed E-state index contributed by atoms with van der Waals surface area (Å²) in [4.78, 5) is 4.16. The van der Waals surface area contributed by atoms with Gasteiger partial charge in [0.1, 0.15) is 5.75 Å². The smallest absolute Gasteiger partial charge is 0.261 e. The monoisotopic (exact) mass is 316 g/mol. The zero-order chi connectivity index (χ0) is 14.8. The molecule has 108 valence electrons. The van der Waals surface area contributed by atoms with Gasteiger partial charge < -0.3 is 9.26 Å². The van der Waals surface area contributed by atoms with Crippen molar-refractivity contribution in [2.24, 2.45) is 0 Å². The Morgan fingerprint density at radius 1 is 1.40 bits per heavy atom. The van der Waals surface area contributed by atoms with E-state index in [-0.39, 0.29) is 10.8 Å². The highest BCUT2D eigenvalue weighted by atomic mass is 35.7. The second-order valence-corrected chi connectivity index (χ2v) is 6.63. The van der Waals surface area contributed by atoms with E-state index in [0.717, 1.165) is 6.42 Å². The first-order valence-corrected chi connectivity index (χ1v) is 8.22. The summed E-state index contributed by atoms with van der Waals surface area (Å²) in [5, 5.41) is 3.83. The molecule has 0 amide bonds. The summed E-state index contributed by atoms with van der Waals surface area (Å²) in [5.41, 5.74) is 0.393. The molecule has 0 aliphatic heterocycles. The molecule has 1 heterocycles. The highest BCUT2D eigenvalue weighted by Gasteiger charge is 2.18. The van der Waals surface area contributed by atoms with Crippen molar-refractivity contribution in [1.29, 1.82) is 0 Å². The molecule has 0 saturated carbocycles. The number of hydrogen-bond acceptors (Lipinski definition) is 6. The molecular weight excluding hydrogens is 304 g/mol. The molecule has 1 aromatic heterocycles. The Labute approximate surface area is 121 Å². The molecule has 20 heavy (non-hydrogen) atoms. The van der Waals surface area contributed by atoms with Gasteiger partial charge in [-0.3, -0.25) is 0 Å². The average Bonchev–Trinajstić information content (AvgIpc) is 2.86. The number of halogens is 1. The zero-order valence-corrected chi connectivity index (χ0v) is 12.5. The molecule has 0 bridgehead atoms. The first-order valence-electron chi connectivity index (χ1n) is 5.91. The Balaban J connectivity index is 2.52. The third kappa shape index (κ3) is 3.10. The van der Waals surface area contributed by atoms with Gasteiger partial charge in [0.25, 0.3) is 14.9 Å². The van der Waals surface area contributed by atoms with Crippen molar-refractivity contribution in [3.63, 3.8) is 0 Å². The highest BCUT2D eigenvalue weighted by molar-refractivity contribution is 8.13. The van der Waals surface area contributed by atoms with Crippen LogP contribution in [0.15, 0.2) is 27.6 Å². The number of methoxy groups -OCH3 is 1. The number of aromatic nitrogens is 2. The van der Waals surface area contributed by atoms with Gasteiger partial charge in [-0.25, -0.2) is 8.42 Å². The van der Waals surface area contributed by atoms with Crippen LogP contribution in [0.5, 0.6) is 5.75 Å². The minimum Gasteiger partial charge on any atom is -0.496 e. The molecule has 0 N–H and O–H groups in total. The standard InChI is InChI=1S/C12H13ClN2O4S/c1-3-4-11-14-12(19-15-11)9-7-8(20(13,16)17)5-6-10(9)18-2/h5-7H,3-4H2,1-2H3. The normalized spacial score (nSPS) is 11.6. The van der Waals surface area contributed by atoms with Crippen LogP contribution in [0.1, 0.15) is 19.2 Å². The maximum absolute atomic E-state index is 11.4. The minimum atomic E-state index is -3.83. The Morgan fingerprint density at radius 3 is 2.75 bits per heavy atom. The number of benzene rings is 1. The van der Waals surface area contributed by atoms with Gasteiger partial charge >= 0.3 is 0 Å². The highest BCUT2D eigenvalue weighted by Crippen LogP contribution is 2.32. The Hall–Kier alpha value is -1.60. The molecule has 0 aliphatic carbocycles. The average molecular weight is 317 g/mol. The number of rotatable bonds is 5. The first kappa shape index (κ1) is 14.8. The lowest BCUT2D eigenvalue weighted by Crippen LogP contribution is -1.94. The first-order chi connectivity index (χ1) is 9.45. The second-order valence-electron chi connectivity index (χ2n) is 4.07. The topological polar surface area (TPSA) is 82.3 Å². The van der Waals surface area contributed by atoms with Gasteiger partial charge in [-0.2, -0.15) is 4.98 Å². The van der Waals surface area contributed by atoms with E-state index in [1.165, 1.54) is 25.3 Å². The van der Waals surface area contributed by atoms with Crippen LogP contribution < -0.4 is 4.74 Å². The van der Waals surface area contributed by atoms with Crippen LogP contribution >= 0.6 is 10.7 Å². The van der Waals surface area contributed by atoms with Crippen molar-refractivity contribution in [3.8, 4) is 17.2 Å². The summed E-state index contributed by atoms with van der Waals surface area (Å²) in [6, 6.07) is 4.20. The van der Waals surface area contributed by atoms with Crippen LogP contribution in [0.2, 0.25) is 0 Å². The van der Waals surface area contributed by atoms with E-state index < -0.39 is 9.05 Å². The van der Waals surface area contributed by atoms with Crippen LogP contribution in [0.3, 0.4) is 0 Å². The molecule has 1 aromatic carbocycles. The molecular formula is C12H13ClN2O4S. The third-order valence-corrected chi connectivity index (χ3v) is 3.98. The maximum atomic E-state index is 11.4. The zero-order valence-electron chi connectivity index (χ0n) is 11.0. The number of aryl methyl sites for hydroxylation is 1. The number of hydrogen-bond donors (Lipinski definition) is 0. The minimum absolute atomic E-state index is 0.0507. The van der Waals surface area contributed by atoms with Gasteiger partial charge in [-0.05, 0) is 24.6 Å². The summed E-state index contributed by atoms with van der Waals surface area (Å²) >= 11 is 0. The van der Waals surface area contributed by atoms with E-state index in [4.69, 9.17) is 19.9 Å². The van der Waals surface area contributed by atoms with Gasteiger partial charge in [-0.15, -0.1) is 0 Å². The molecule has 0 aliphatic rings. The van der Waals surface area contributed by atoms with Crippen LogP contribution in [0.25, 0.3) is 11.5 Å². The molecule has 0 unspecified atom stereocenters. The van der Waals surface area contributed by atoms with E-state index in [0.29, 0.717) is 23.6 Å².